The average Bonchev–Trinajstić information content (AvgIpc) is 2.26. The lowest BCUT2D eigenvalue weighted by atomic mass is 9.68. The van der Waals surface area contributed by atoms with Gasteiger partial charge in [0.25, 0.3) is 0 Å². The van der Waals surface area contributed by atoms with E-state index >= 15 is 0 Å². The molecule has 1 rings (SSSR count). The summed E-state index contributed by atoms with van der Waals surface area (Å²) in [5.74, 6) is 0.865. The van der Waals surface area contributed by atoms with E-state index in [4.69, 9.17) is 0 Å². The van der Waals surface area contributed by atoms with Gasteiger partial charge >= 0.3 is 0 Å². The summed E-state index contributed by atoms with van der Waals surface area (Å²) in [5, 5.41) is 3.62. The maximum Gasteiger partial charge on any atom is 0.0179 e. The quantitative estimate of drug-likeness (QED) is 0.708. The fraction of sp³-hybridized carbons (Fsp3) is 1.00. The Morgan fingerprint density at radius 3 is 2.31 bits per heavy atom. The van der Waals surface area contributed by atoms with Crippen molar-refractivity contribution < 1.29 is 0 Å². The second-order valence-corrected chi connectivity index (χ2v) is 5.58. The van der Waals surface area contributed by atoms with Gasteiger partial charge in [0.1, 0.15) is 0 Å². The van der Waals surface area contributed by atoms with Crippen LogP contribution >= 0.6 is 0 Å². The van der Waals surface area contributed by atoms with Crippen molar-refractivity contribution in [3.05, 3.63) is 0 Å². The Morgan fingerprint density at radius 2 is 1.92 bits per heavy atom. The molecule has 0 spiro atoms. The first-order valence-corrected chi connectivity index (χ1v) is 5.66. The highest BCUT2D eigenvalue weighted by Gasteiger charge is 2.44. The maximum absolute atomic E-state index is 3.62. The Hall–Kier alpha value is -0.0400. The Morgan fingerprint density at radius 1 is 1.31 bits per heavy atom. The molecule has 1 fully saturated rings. The summed E-state index contributed by atoms with van der Waals surface area (Å²) in [4.78, 5) is 0. The first kappa shape index (κ1) is 11.0. The SMILES string of the molecule is CCC(C)CC1(C)CCNC1(C)C. The molecule has 1 aliphatic heterocycles. The van der Waals surface area contributed by atoms with Crippen molar-refractivity contribution in [2.24, 2.45) is 11.3 Å². The lowest BCUT2D eigenvalue weighted by molar-refractivity contribution is 0.152. The van der Waals surface area contributed by atoms with Gasteiger partial charge in [-0.2, -0.15) is 0 Å². The molecule has 1 aliphatic rings. The maximum atomic E-state index is 3.62. The van der Waals surface area contributed by atoms with Gasteiger partial charge in [-0.25, -0.2) is 0 Å². The number of hydrogen-bond donors (Lipinski definition) is 1. The zero-order valence-electron chi connectivity index (χ0n) is 9.91. The predicted molar refractivity (Wildman–Crippen MR) is 58.9 cm³/mol. The molecule has 2 unspecified atom stereocenters. The second-order valence-electron chi connectivity index (χ2n) is 5.58. The van der Waals surface area contributed by atoms with Crippen molar-refractivity contribution >= 4 is 0 Å². The molecule has 0 aromatic rings. The second kappa shape index (κ2) is 3.61. The molecule has 1 heteroatoms. The van der Waals surface area contributed by atoms with Crippen LogP contribution in [0.1, 0.15) is 53.9 Å². The molecule has 78 valence electrons. The van der Waals surface area contributed by atoms with Gasteiger partial charge < -0.3 is 5.32 Å². The molecule has 2 atom stereocenters. The Bertz CT molecular complexity index is 174. The lowest BCUT2D eigenvalue weighted by Gasteiger charge is -2.40. The van der Waals surface area contributed by atoms with Crippen LogP contribution in [0.5, 0.6) is 0 Å². The molecule has 1 N–H and O–H groups in total. The van der Waals surface area contributed by atoms with Gasteiger partial charge in [-0.1, -0.05) is 27.2 Å². The molecule has 0 amide bonds. The van der Waals surface area contributed by atoms with E-state index in [0.29, 0.717) is 11.0 Å². The van der Waals surface area contributed by atoms with E-state index in [1.54, 1.807) is 0 Å². The van der Waals surface area contributed by atoms with Gasteiger partial charge in [0.15, 0.2) is 0 Å². The minimum absolute atomic E-state index is 0.330. The summed E-state index contributed by atoms with van der Waals surface area (Å²) >= 11 is 0. The van der Waals surface area contributed by atoms with Crippen LogP contribution < -0.4 is 5.32 Å². The van der Waals surface area contributed by atoms with E-state index in [0.717, 1.165) is 5.92 Å². The molecular weight excluding hydrogens is 158 g/mol. The van der Waals surface area contributed by atoms with Crippen LogP contribution in [0.2, 0.25) is 0 Å². The molecular formula is C12H25N. The summed E-state index contributed by atoms with van der Waals surface area (Å²) in [7, 11) is 0. The lowest BCUT2D eigenvalue weighted by Crippen LogP contribution is -2.45. The fourth-order valence-corrected chi connectivity index (χ4v) is 2.45. The average molecular weight is 183 g/mol. The van der Waals surface area contributed by atoms with E-state index in [1.807, 2.05) is 0 Å². The third-order valence-electron chi connectivity index (χ3n) is 4.25. The Balaban J connectivity index is 2.64. The number of hydrogen-bond acceptors (Lipinski definition) is 1. The van der Waals surface area contributed by atoms with Crippen molar-refractivity contribution in [3.63, 3.8) is 0 Å². The van der Waals surface area contributed by atoms with Gasteiger partial charge in [0.2, 0.25) is 0 Å². The number of rotatable bonds is 3. The van der Waals surface area contributed by atoms with Crippen LogP contribution in [0, 0.1) is 11.3 Å². The molecule has 0 aromatic heterocycles. The van der Waals surface area contributed by atoms with E-state index in [9.17, 15) is 0 Å². The topological polar surface area (TPSA) is 12.0 Å². The minimum Gasteiger partial charge on any atom is -0.311 e. The highest BCUT2D eigenvalue weighted by molar-refractivity contribution is 5.01. The summed E-state index contributed by atoms with van der Waals surface area (Å²) in [5.41, 5.74) is 0.832. The Kier molecular flexibility index (Phi) is 3.06. The monoisotopic (exact) mass is 183 g/mol. The zero-order valence-corrected chi connectivity index (χ0v) is 9.91. The smallest absolute Gasteiger partial charge is 0.0179 e. The molecule has 0 aromatic carbocycles. The summed E-state index contributed by atoms with van der Waals surface area (Å²) in [6.07, 6.45) is 4.01. The zero-order chi connectivity index (χ0) is 10.1. The number of nitrogens with one attached hydrogen (secondary N) is 1. The molecule has 1 saturated heterocycles. The molecule has 0 radical (unpaired) electrons. The van der Waals surface area contributed by atoms with Gasteiger partial charge in [-0.05, 0) is 44.6 Å². The van der Waals surface area contributed by atoms with Crippen LogP contribution in [0.25, 0.3) is 0 Å². The van der Waals surface area contributed by atoms with Gasteiger partial charge in [0.05, 0.1) is 0 Å². The highest BCUT2D eigenvalue weighted by Crippen LogP contribution is 2.44. The molecule has 13 heavy (non-hydrogen) atoms. The molecule has 1 heterocycles. The third-order valence-corrected chi connectivity index (χ3v) is 4.25. The largest absolute Gasteiger partial charge is 0.311 e. The van der Waals surface area contributed by atoms with E-state index in [1.165, 1.54) is 25.8 Å². The predicted octanol–water partition coefficient (Wildman–Crippen LogP) is 3.20. The van der Waals surface area contributed by atoms with Crippen LogP contribution in [0.3, 0.4) is 0 Å². The first-order valence-electron chi connectivity index (χ1n) is 5.66. The first-order chi connectivity index (χ1) is 5.91. The standard InChI is InChI=1S/C12H25N/c1-6-10(2)9-12(5)7-8-13-11(12,3)4/h10,13H,6-9H2,1-5H3. The highest BCUT2D eigenvalue weighted by atomic mass is 15.0. The normalized spacial score (nSPS) is 34.8. The molecule has 1 nitrogen and oxygen atoms in total. The fourth-order valence-electron chi connectivity index (χ4n) is 2.45. The molecule has 0 bridgehead atoms. The summed E-state index contributed by atoms with van der Waals surface area (Å²) in [6.45, 7) is 13.0. The van der Waals surface area contributed by atoms with Crippen LogP contribution in [-0.2, 0) is 0 Å². The van der Waals surface area contributed by atoms with Crippen molar-refractivity contribution in [1.82, 2.24) is 5.32 Å². The van der Waals surface area contributed by atoms with Crippen molar-refractivity contribution in [2.75, 3.05) is 6.54 Å². The summed E-state index contributed by atoms with van der Waals surface area (Å²) in [6, 6.07) is 0. The van der Waals surface area contributed by atoms with E-state index in [-0.39, 0.29) is 0 Å². The van der Waals surface area contributed by atoms with Crippen molar-refractivity contribution in [2.45, 2.75) is 59.4 Å². The van der Waals surface area contributed by atoms with Gasteiger partial charge in [-0.15, -0.1) is 0 Å². The van der Waals surface area contributed by atoms with Crippen LogP contribution in [-0.4, -0.2) is 12.1 Å². The van der Waals surface area contributed by atoms with Crippen LogP contribution in [0.15, 0.2) is 0 Å². The van der Waals surface area contributed by atoms with Crippen molar-refractivity contribution in [1.29, 1.82) is 0 Å². The van der Waals surface area contributed by atoms with Gasteiger partial charge in [0, 0.05) is 5.54 Å². The Labute approximate surface area is 83.3 Å². The van der Waals surface area contributed by atoms with Crippen molar-refractivity contribution in [3.8, 4) is 0 Å². The van der Waals surface area contributed by atoms with Crippen LogP contribution in [0.4, 0.5) is 0 Å². The molecule has 0 saturated carbocycles. The summed E-state index contributed by atoms with van der Waals surface area (Å²) < 4.78 is 0. The van der Waals surface area contributed by atoms with Gasteiger partial charge in [-0.3, -0.25) is 0 Å². The minimum atomic E-state index is 0.330. The third kappa shape index (κ3) is 2.07. The van der Waals surface area contributed by atoms with E-state index in [2.05, 4.69) is 39.9 Å². The van der Waals surface area contributed by atoms with E-state index < -0.39 is 0 Å². The molecule has 0 aliphatic carbocycles.